The van der Waals surface area contributed by atoms with Crippen LogP contribution < -0.4 is 9.62 Å². The Morgan fingerprint density at radius 1 is 1.38 bits per heavy atom. The number of rotatable bonds is 5. The number of hydrogen-bond donors (Lipinski definition) is 1. The molecule has 1 saturated heterocycles. The van der Waals surface area contributed by atoms with E-state index in [0.29, 0.717) is 17.8 Å². The van der Waals surface area contributed by atoms with E-state index in [-0.39, 0.29) is 12.0 Å². The van der Waals surface area contributed by atoms with Crippen LogP contribution in [0, 0.1) is 0 Å². The van der Waals surface area contributed by atoms with Gasteiger partial charge >= 0.3 is 0 Å². The van der Waals surface area contributed by atoms with Gasteiger partial charge in [0, 0.05) is 25.8 Å². The van der Waals surface area contributed by atoms with E-state index in [4.69, 9.17) is 4.74 Å². The van der Waals surface area contributed by atoms with Crippen molar-refractivity contribution >= 4 is 21.6 Å². The van der Waals surface area contributed by atoms with E-state index >= 15 is 0 Å². The second-order valence-electron chi connectivity index (χ2n) is 5.12. The first kappa shape index (κ1) is 15.8. The minimum absolute atomic E-state index is 0.101. The third-order valence-corrected chi connectivity index (χ3v) is 4.71. The Morgan fingerprint density at radius 2 is 2.05 bits per heavy atom. The van der Waals surface area contributed by atoms with Gasteiger partial charge in [-0.1, -0.05) is 0 Å². The maximum Gasteiger partial charge on any atom is 0.251 e. The van der Waals surface area contributed by atoms with Gasteiger partial charge in [0.25, 0.3) is 5.91 Å². The summed E-state index contributed by atoms with van der Waals surface area (Å²) >= 11 is 0. The number of sulfonamides is 1. The van der Waals surface area contributed by atoms with Gasteiger partial charge in [0.2, 0.25) is 10.0 Å². The van der Waals surface area contributed by atoms with Crippen LogP contribution >= 0.6 is 0 Å². The fraction of sp³-hybridized carbons (Fsp3) is 0.500. The normalized spacial score (nSPS) is 18.5. The van der Waals surface area contributed by atoms with Gasteiger partial charge in [0.15, 0.2) is 0 Å². The van der Waals surface area contributed by atoms with Gasteiger partial charge in [-0.05, 0) is 37.1 Å². The highest BCUT2D eigenvalue weighted by atomic mass is 32.2. The van der Waals surface area contributed by atoms with Crippen molar-refractivity contribution in [2.24, 2.45) is 0 Å². The first-order valence-electron chi connectivity index (χ1n) is 6.81. The van der Waals surface area contributed by atoms with Crippen LogP contribution in [0.5, 0.6) is 0 Å². The molecule has 1 fully saturated rings. The predicted octanol–water partition coefficient (Wildman–Crippen LogP) is 0.991. The van der Waals surface area contributed by atoms with Crippen LogP contribution in [0.1, 0.15) is 23.2 Å². The maximum absolute atomic E-state index is 12.0. The molecule has 2 rings (SSSR count). The second-order valence-corrected chi connectivity index (χ2v) is 7.14. The highest BCUT2D eigenvalue weighted by molar-refractivity contribution is 7.92. The Hall–Kier alpha value is -1.60. The minimum atomic E-state index is -3.29. The van der Waals surface area contributed by atoms with Crippen molar-refractivity contribution in [1.82, 2.24) is 5.32 Å². The highest BCUT2D eigenvalue weighted by Crippen LogP contribution is 2.16. The molecule has 1 atom stereocenters. The van der Waals surface area contributed by atoms with Crippen LogP contribution in [0.25, 0.3) is 0 Å². The van der Waals surface area contributed by atoms with Crippen molar-refractivity contribution < 1.29 is 17.9 Å². The number of hydrogen-bond acceptors (Lipinski definition) is 4. The number of carbonyl (C=O) groups is 1. The summed E-state index contributed by atoms with van der Waals surface area (Å²) in [6.07, 6.45) is 3.24. The molecule has 0 unspecified atom stereocenters. The number of nitrogens with zero attached hydrogens (tertiary/aromatic N) is 1. The highest BCUT2D eigenvalue weighted by Gasteiger charge is 2.17. The van der Waals surface area contributed by atoms with Crippen LogP contribution in [-0.2, 0) is 14.8 Å². The summed E-state index contributed by atoms with van der Waals surface area (Å²) in [5.41, 5.74) is 1.02. The molecule has 0 radical (unpaired) electrons. The summed E-state index contributed by atoms with van der Waals surface area (Å²) in [4.78, 5) is 12.0. The Bertz CT molecular complexity index is 592. The molecule has 6 nitrogen and oxygen atoms in total. The van der Waals surface area contributed by atoms with Crippen molar-refractivity contribution in [2.45, 2.75) is 18.9 Å². The Kier molecular flexibility index (Phi) is 4.84. The quantitative estimate of drug-likeness (QED) is 0.880. The third kappa shape index (κ3) is 4.18. The molecule has 1 amide bonds. The topological polar surface area (TPSA) is 75.7 Å². The van der Waals surface area contributed by atoms with Crippen molar-refractivity contribution in [1.29, 1.82) is 0 Å². The summed E-state index contributed by atoms with van der Waals surface area (Å²) in [5, 5.41) is 2.82. The van der Waals surface area contributed by atoms with E-state index in [9.17, 15) is 13.2 Å². The van der Waals surface area contributed by atoms with Crippen molar-refractivity contribution in [3.63, 3.8) is 0 Å². The molecule has 0 aliphatic carbocycles. The molecule has 1 aliphatic rings. The largest absolute Gasteiger partial charge is 0.376 e. The van der Waals surface area contributed by atoms with Gasteiger partial charge in [-0.3, -0.25) is 9.10 Å². The fourth-order valence-electron chi connectivity index (χ4n) is 2.13. The number of anilines is 1. The molecule has 0 bridgehead atoms. The molecule has 116 valence electrons. The molecule has 7 heteroatoms. The van der Waals surface area contributed by atoms with Gasteiger partial charge in [-0.2, -0.15) is 0 Å². The van der Waals surface area contributed by atoms with Gasteiger partial charge < -0.3 is 10.1 Å². The lowest BCUT2D eigenvalue weighted by molar-refractivity contribution is 0.0858. The number of amides is 1. The van der Waals surface area contributed by atoms with Crippen LogP contribution in [0.15, 0.2) is 24.3 Å². The lowest BCUT2D eigenvalue weighted by Gasteiger charge is -2.17. The van der Waals surface area contributed by atoms with Crippen molar-refractivity contribution in [3.8, 4) is 0 Å². The van der Waals surface area contributed by atoms with Gasteiger partial charge in [-0.25, -0.2) is 8.42 Å². The van der Waals surface area contributed by atoms with Gasteiger partial charge in [0.05, 0.1) is 18.0 Å². The van der Waals surface area contributed by atoms with Crippen molar-refractivity contribution in [2.75, 3.05) is 30.8 Å². The van der Waals surface area contributed by atoms with Crippen LogP contribution in [0.2, 0.25) is 0 Å². The molecular formula is C14H20N2O4S. The first-order valence-corrected chi connectivity index (χ1v) is 8.66. The fourth-order valence-corrected chi connectivity index (χ4v) is 2.63. The Morgan fingerprint density at radius 3 is 2.57 bits per heavy atom. The van der Waals surface area contributed by atoms with Crippen molar-refractivity contribution in [3.05, 3.63) is 29.8 Å². The Balaban J connectivity index is 1.96. The molecular weight excluding hydrogens is 292 g/mol. The van der Waals surface area contributed by atoms with Crippen LogP contribution in [0.3, 0.4) is 0 Å². The van der Waals surface area contributed by atoms with E-state index in [1.165, 1.54) is 11.4 Å². The summed E-state index contributed by atoms with van der Waals surface area (Å²) < 4.78 is 29.5. The first-order chi connectivity index (χ1) is 9.88. The molecule has 1 aliphatic heterocycles. The molecule has 21 heavy (non-hydrogen) atoms. The van der Waals surface area contributed by atoms with E-state index in [0.717, 1.165) is 25.7 Å². The standard InChI is InChI=1S/C14H20N2O4S/c1-16(21(2,18)19)12-7-5-11(6-8-12)14(17)15-10-13-4-3-9-20-13/h5-8,13H,3-4,9-10H2,1-2H3,(H,15,17)/t13-/m1/s1. The summed E-state index contributed by atoms with van der Waals surface area (Å²) in [6.45, 7) is 1.26. The zero-order chi connectivity index (χ0) is 15.5. The maximum atomic E-state index is 12.0. The second kappa shape index (κ2) is 6.44. The average Bonchev–Trinajstić information content (AvgIpc) is 2.96. The molecule has 0 spiro atoms. The minimum Gasteiger partial charge on any atom is -0.376 e. The average molecular weight is 312 g/mol. The third-order valence-electron chi connectivity index (χ3n) is 3.50. The molecule has 1 N–H and O–H groups in total. The van der Waals surface area contributed by atoms with E-state index in [2.05, 4.69) is 5.32 Å². The van der Waals surface area contributed by atoms with Crippen LogP contribution in [-0.4, -0.2) is 46.9 Å². The zero-order valence-electron chi connectivity index (χ0n) is 12.2. The smallest absolute Gasteiger partial charge is 0.251 e. The molecule has 1 heterocycles. The number of nitrogens with one attached hydrogen (secondary N) is 1. The summed E-state index contributed by atoms with van der Waals surface area (Å²) in [6, 6.07) is 6.45. The summed E-state index contributed by atoms with van der Waals surface area (Å²) in [7, 11) is -1.82. The van der Waals surface area contributed by atoms with E-state index in [1.54, 1.807) is 24.3 Å². The number of ether oxygens (including phenoxy) is 1. The molecule has 0 aromatic heterocycles. The van der Waals surface area contributed by atoms with Gasteiger partial charge in [0.1, 0.15) is 0 Å². The zero-order valence-corrected chi connectivity index (χ0v) is 13.0. The molecule has 1 aromatic carbocycles. The SMILES string of the molecule is CN(c1ccc(C(=O)NC[C@H]2CCCO2)cc1)S(C)(=O)=O. The van der Waals surface area contributed by atoms with Crippen LogP contribution in [0.4, 0.5) is 5.69 Å². The van der Waals surface area contributed by atoms with E-state index < -0.39 is 10.0 Å². The number of carbonyl (C=O) groups excluding carboxylic acids is 1. The monoisotopic (exact) mass is 312 g/mol. The van der Waals surface area contributed by atoms with Gasteiger partial charge in [-0.15, -0.1) is 0 Å². The number of benzene rings is 1. The lowest BCUT2D eigenvalue weighted by atomic mass is 10.2. The lowest BCUT2D eigenvalue weighted by Crippen LogP contribution is -2.31. The molecule has 0 saturated carbocycles. The molecule has 1 aromatic rings. The predicted molar refractivity (Wildman–Crippen MR) is 81.0 cm³/mol. The van der Waals surface area contributed by atoms with E-state index in [1.807, 2.05) is 0 Å². The Labute approximate surface area is 125 Å². The summed E-state index contributed by atoms with van der Waals surface area (Å²) in [5.74, 6) is -0.181.